The minimum Gasteiger partial charge on any atom is -0.496 e. The van der Waals surface area contributed by atoms with E-state index in [1.807, 2.05) is 71.6 Å². The Morgan fingerprint density at radius 1 is 1.00 bits per heavy atom. The highest BCUT2D eigenvalue weighted by molar-refractivity contribution is 5.94. The summed E-state index contributed by atoms with van der Waals surface area (Å²) < 4.78 is 5.49. The third kappa shape index (κ3) is 3.77. The molecule has 0 N–H and O–H groups in total. The molecular weight excluding hydrogens is 348 g/mol. The van der Waals surface area contributed by atoms with Crippen LogP contribution in [-0.4, -0.2) is 36.0 Å². The van der Waals surface area contributed by atoms with Crippen LogP contribution in [0.25, 0.3) is 11.3 Å². The molecule has 1 atom stereocenters. The molecule has 2 heterocycles. The minimum absolute atomic E-state index is 0.103. The van der Waals surface area contributed by atoms with Crippen LogP contribution in [0.5, 0.6) is 5.75 Å². The summed E-state index contributed by atoms with van der Waals surface area (Å²) in [5.74, 6) is 1.17. The van der Waals surface area contributed by atoms with Crippen LogP contribution in [0, 0.1) is 0 Å². The molecule has 1 aromatic heterocycles. The van der Waals surface area contributed by atoms with Gasteiger partial charge in [-0.3, -0.25) is 9.78 Å². The van der Waals surface area contributed by atoms with E-state index in [2.05, 4.69) is 6.07 Å². The number of hydrogen-bond donors (Lipinski definition) is 0. The summed E-state index contributed by atoms with van der Waals surface area (Å²) in [4.78, 5) is 19.7. The Hall–Kier alpha value is -3.14. The molecule has 0 radical (unpaired) electrons. The van der Waals surface area contributed by atoms with Crippen LogP contribution in [0.2, 0.25) is 0 Å². The number of amides is 1. The van der Waals surface area contributed by atoms with Crippen molar-refractivity contribution in [2.75, 3.05) is 20.2 Å². The van der Waals surface area contributed by atoms with E-state index in [0.29, 0.717) is 6.54 Å². The maximum atomic E-state index is 12.8. The highest BCUT2D eigenvalue weighted by Crippen LogP contribution is 2.31. The Morgan fingerprint density at radius 2 is 1.79 bits per heavy atom. The Balaban J connectivity index is 1.57. The number of carbonyl (C=O) groups excluding carboxylic acids is 1. The molecule has 1 fully saturated rings. The molecule has 2 aromatic carbocycles. The molecule has 28 heavy (non-hydrogen) atoms. The number of benzene rings is 2. The monoisotopic (exact) mass is 372 g/mol. The van der Waals surface area contributed by atoms with Crippen molar-refractivity contribution in [3.05, 3.63) is 84.1 Å². The van der Waals surface area contributed by atoms with Gasteiger partial charge < -0.3 is 9.64 Å². The van der Waals surface area contributed by atoms with Crippen LogP contribution in [0.1, 0.15) is 34.8 Å². The van der Waals surface area contributed by atoms with Crippen molar-refractivity contribution in [2.45, 2.75) is 18.8 Å². The van der Waals surface area contributed by atoms with Crippen LogP contribution in [0.4, 0.5) is 0 Å². The van der Waals surface area contributed by atoms with Gasteiger partial charge in [0, 0.05) is 35.8 Å². The van der Waals surface area contributed by atoms with Crippen LogP contribution in [0.3, 0.4) is 0 Å². The zero-order valence-electron chi connectivity index (χ0n) is 16.0. The molecule has 4 heteroatoms. The fraction of sp³-hybridized carbons (Fsp3) is 0.250. The Kier molecular flexibility index (Phi) is 5.38. The average molecular weight is 372 g/mol. The van der Waals surface area contributed by atoms with Gasteiger partial charge in [-0.25, -0.2) is 0 Å². The number of ether oxygens (including phenoxy) is 1. The van der Waals surface area contributed by atoms with E-state index in [9.17, 15) is 4.79 Å². The highest BCUT2D eigenvalue weighted by atomic mass is 16.5. The zero-order valence-corrected chi connectivity index (χ0v) is 16.0. The molecule has 3 aromatic rings. The molecule has 1 unspecified atom stereocenters. The Morgan fingerprint density at radius 3 is 2.61 bits per heavy atom. The molecule has 4 nitrogen and oxygen atoms in total. The molecule has 0 saturated carbocycles. The van der Waals surface area contributed by atoms with Gasteiger partial charge in [0.1, 0.15) is 5.75 Å². The van der Waals surface area contributed by atoms with Gasteiger partial charge in [-0.2, -0.15) is 0 Å². The number of aromatic nitrogens is 1. The van der Waals surface area contributed by atoms with E-state index >= 15 is 0 Å². The largest absolute Gasteiger partial charge is 0.496 e. The number of likely N-dealkylation sites (tertiary alicyclic amines) is 1. The molecule has 4 rings (SSSR count). The number of pyridine rings is 1. The lowest BCUT2D eigenvalue weighted by molar-refractivity contribution is 0.0706. The molecule has 1 aliphatic heterocycles. The second kappa shape index (κ2) is 8.26. The summed E-state index contributed by atoms with van der Waals surface area (Å²) in [5.41, 5.74) is 3.68. The van der Waals surface area contributed by atoms with Crippen molar-refractivity contribution in [2.24, 2.45) is 0 Å². The van der Waals surface area contributed by atoms with Crippen LogP contribution < -0.4 is 4.74 Å². The van der Waals surface area contributed by atoms with E-state index in [1.165, 1.54) is 0 Å². The lowest BCUT2D eigenvalue weighted by Gasteiger charge is -2.32. The smallest absolute Gasteiger partial charge is 0.253 e. The lowest BCUT2D eigenvalue weighted by Crippen LogP contribution is -2.39. The molecule has 142 valence electrons. The first-order valence-corrected chi connectivity index (χ1v) is 9.71. The fourth-order valence-electron chi connectivity index (χ4n) is 3.85. The summed E-state index contributed by atoms with van der Waals surface area (Å²) in [6.45, 7) is 1.51. The molecule has 0 aliphatic carbocycles. The number of rotatable bonds is 4. The van der Waals surface area contributed by atoms with Gasteiger partial charge in [0.05, 0.1) is 12.8 Å². The van der Waals surface area contributed by atoms with Gasteiger partial charge in [0.15, 0.2) is 0 Å². The number of carbonyl (C=O) groups is 1. The van der Waals surface area contributed by atoms with Gasteiger partial charge >= 0.3 is 0 Å². The van der Waals surface area contributed by atoms with Crippen LogP contribution >= 0.6 is 0 Å². The van der Waals surface area contributed by atoms with E-state index < -0.39 is 0 Å². The van der Waals surface area contributed by atoms with Crippen molar-refractivity contribution >= 4 is 5.91 Å². The normalized spacial score (nSPS) is 16.6. The maximum absolute atomic E-state index is 12.8. The van der Waals surface area contributed by atoms with E-state index in [4.69, 9.17) is 9.72 Å². The lowest BCUT2D eigenvalue weighted by atomic mass is 9.93. The molecule has 1 saturated heterocycles. The second-order valence-electron chi connectivity index (χ2n) is 7.10. The molecule has 1 amide bonds. The van der Waals surface area contributed by atoms with Crippen molar-refractivity contribution in [1.82, 2.24) is 9.88 Å². The number of methoxy groups -OCH3 is 1. The Bertz CT molecular complexity index is 956. The van der Waals surface area contributed by atoms with Gasteiger partial charge in [0.2, 0.25) is 0 Å². The van der Waals surface area contributed by atoms with Gasteiger partial charge in [-0.1, -0.05) is 36.4 Å². The number of nitrogens with zero attached hydrogens (tertiary/aromatic N) is 2. The van der Waals surface area contributed by atoms with Gasteiger partial charge in [0.25, 0.3) is 5.91 Å². The number of piperidine rings is 1. The van der Waals surface area contributed by atoms with Gasteiger partial charge in [-0.15, -0.1) is 0 Å². The highest BCUT2D eigenvalue weighted by Gasteiger charge is 2.26. The minimum atomic E-state index is 0.103. The summed E-state index contributed by atoms with van der Waals surface area (Å²) >= 11 is 0. The van der Waals surface area contributed by atoms with Crippen molar-refractivity contribution in [1.29, 1.82) is 0 Å². The first-order valence-electron chi connectivity index (χ1n) is 9.71. The molecule has 1 aliphatic rings. The van der Waals surface area contributed by atoms with E-state index in [0.717, 1.165) is 47.7 Å². The first kappa shape index (κ1) is 18.2. The van der Waals surface area contributed by atoms with E-state index in [1.54, 1.807) is 7.11 Å². The van der Waals surface area contributed by atoms with Gasteiger partial charge in [-0.05, 0) is 49.2 Å². The summed E-state index contributed by atoms with van der Waals surface area (Å²) in [7, 11) is 1.68. The zero-order chi connectivity index (χ0) is 19.3. The average Bonchev–Trinajstić information content (AvgIpc) is 2.79. The summed E-state index contributed by atoms with van der Waals surface area (Å²) in [5, 5.41) is 0. The number of hydrogen-bond acceptors (Lipinski definition) is 3. The third-order valence-corrected chi connectivity index (χ3v) is 5.30. The second-order valence-corrected chi connectivity index (χ2v) is 7.10. The van der Waals surface area contributed by atoms with Crippen LogP contribution in [0.15, 0.2) is 72.8 Å². The summed E-state index contributed by atoms with van der Waals surface area (Å²) in [6, 6.07) is 23.6. The predicted octanol–water partition coefficient (Wildman–Crippen LogP) is 4.78. The third-order valence-electron chi connectivity index (χ3n) is 5.30. The van der Waals surface area contributed by atoms with Crippen molar-refractivity contribution in [3.63, 3.8) is 0 Å². The van der Waals surface area contributed by atoms with Crippen LogP contribution in [-0.2, 0) is 0 Å². The Labute approximate surface area is 165 Å². The van der Waals surface area contributed by atoms with Crippen molar-refractivity contribution < 1.29 is 9.53 Å². The predicted molar refractivity (Wildman–Crippen MR) is 111 cm³/mol. The quantitative estimate of drug-likeness (QED) is 0.662. The first-order chi connectivity index (χ1) is 13.8. The molecule has 0 spiro atoms. The van der Waals surface area contributed by atoms with Crippen molar-refractivity contribution in [3.8, 4) is 17.0 Å². The van der Waals surface area contributed by atoms with E-state index in [-0.39, 0.29) is 11.8 Å². The SMILES string of the molecule is COc1ccccc1-c1cccc(C2CCCN(C(=O)c3ccccc3)C2)n1. The topological polar surface area (TPSA) is 42.4 Å². The molecular formula is C24H24N2O2. The fourth-order valence-corrected chi connectivity index (χ4v) is 3.85. The number of para-hydroxylation sites is 1. The standard InChI is InChI=1S/C24H24N2O2/c1-28-23-15-6-5-12-20(23)22-14-7-13-21(25-22)19-11-8-16-26(17-19)24(27)18-9-3-2-4-10-18/h2-7,9-10,12-15,19H,8,11,16-17H2,1H3. The molecule has 0 bridgehead atoms. The maximum Gasteiger partial charge on any atom is 0.253 e. The summed E-state index contributed by atoms with van der Waals surface area (Å²) in [6.07, 6.45) is 2.03.